The van der Waals surface area contributed by atoms with Gasteiger partial charge in [0.1, 0.15) is 11.9 Å². The minimum Gasteiger partial charge on any atom is -0.394 e. The van der Waals surface area contributed by atoms with Crippen molar-refractivity contribution >= 4 is 18.4 Å². The van der Waals surface area contributed by atoms with E-state index in [0.717, 1.165) is 0 Å². The minimum absolute atomic E-state index is 0.110. The van der Waals surface area contributed by atoms with E-state index >= 15 is 0 Å². The predicted octanol–water partition coefficient (Wildman–Crippen LogP) is -1.63. The van der Waals surface area contributed by atoms with Gasteiger partial charge in [-0.3, -0.25) is 4.57 Å². The van der Waals surface area contributed by atoms with Gasteiger partial charge in [0.05, 0.1) is 18.0 Å². The second kappa shape index (κ2) is 4.65. The molecule has 7 nitrogen and oxygen atoms in total. The van der Waals surface area contributed by atoms with Crippen LogP contribution in [0.4, 0.5) is 5.82 Å². The molecule has 1 aromatic heterocycles. The molecule has 8 heteroatoms. The summed E-state index contributed by atoms with van der Waals surface area (Å²) >= 11 is 4.18. The standard InChI is InChI=1S/C9H13N3O4S/c10-5-1-2-12(9(15)11-5)8-7(17)6(14)4(3-13)16-8/h1-2,4,6-8,13-14,17H,3H2,(H2,10,11,15)/t4-,6-,7+,8?/m1/s1. The Hall–Kier alpha value is -1.09. The molecule has 94 valence electrons. The van der Waals surface area contributed by atoms with E-state index in [0.29, 0.717) is 0 Å². The number of anilines is 1. The Morgan fingerprint density at radius 1 is 1.65 bits per heavy atom. The molecule has 1 unspecified atom stereocenters. The summed E-state index contributed by atoms with van der Waals surface area (Å²) in [5.74, 6) is 0.110. The van der Waals surface area contributed by atoms with Gasteiger partial charge in [0.25, 0.3) is 0 Å². The van der Waals surface area contributed by atoms with Gasteiger partial charge in [-0.2, -0.15) is 17.6 Å². The summed E-state index contributed by atoms with van der Waals surface area (Å²) in [5.41, 5.74) is 4.78. The average Bonchev–Trinajstić information content (AvgIpc) is 2.57. The molecule has 1 fully saturated rings. The second-order valence-electron chi connectivity index (χ2n) is 3.77. The first-order chi connectivity index (χ1) is 8.04. The van der Waals surface area contributed by atoms with Gasteiger partial charge in [0.15, 0.2) is 6.23 Å². The number of nitrogens with two attached hydrogens (primary N) is 1. The summed E-state index contributed by atoms with van der Waals surface area (Å²) in [6.07, 6.45) is -1.05. The molecule has 0 radical (unpaired) electrons. The van der Waals surface area contributed by atoms with Gasteiger partial charge in [-0.15, -0.1) is 0 Å². The van der Waals surface area contributed by atoms with Crippen LogP contribution in [0.15, 0.2) is 17.1 Å². The van der Waals surface area contributed by atoms with Crippen molar-refractivity contribution in [2.24, 2.45) is 0 Å². The van der Waals surface area contributed by atoms with Gasteiger partial charge in [-0.25, -0.2) is 4.79 Å². The molecule has 4 N–H and O–H groups in total. The number of ether oxygens (including phenoxy) is 1. The minimum atomic E-state index is -0.946. The van der Waals surface area contributed by atoms with Crippen LogP contribution in [0, 0.1) is 0 Å². The van der Waals surface area contributed by atoms with Crippen LogP contribution in [0.2, 0.25) is 0 Å². The van der Waals surface area contributed by atoms with Crippen LogP contribution >= 0.6 is 12.6 Å². The SMILES string of the molecule is Nc1ccn(C2O[C@H](CO)[C@@H](O)[C@@H]2S)c(=O)n1. The van der Waals surface area contributed by atoms with Crippen LogP contribution in [0.5, 0.6) is 0 Å². The molecule has 17 heavy (non-hydrogen) atoms. The van der Waals surface area contributed by atoms with Crippen molar-refractivity contribution in [1.29, 1.82) is 0 Å². The molecule has 4 atom stereocenters. The normalized spacial score (nSPS) is 32.9. The fourth-order valence-electron chi connectivity index (χ4n) is 1.73. The van der Waals surface area contributed by atoms with Gasteiger partial charge in [0.2, 0.25) is 0 Å². The lowest BCUT2D eigenvalue weighted by Gasteiger charge is -2.17. The van der Waals surface area contributed by atoms with E-state index in [1.165, 1.54) is 16.8 Å². The van der Waals surface area contributed by atoms with Crippen LogP contribution in [0.3, 0.4) is 0 Å². The van der Waals surface area contributed by atoms with E-state index in [9.17, 15) is 9.90 Å². The molecule has 1 aliphatic rings. The van der Waals surface area contributed by atoms with Crippen molar-refractivity contribution in [1.82, 2.24) is 9.55 Å². The lowest BCUT2D eigenvalue weighted by atomic mass is 10.2. The van der Waals surface area contributed by atoms with Crippen molar-refractivity contribution in [2.75, 3.05) is 12.3 Å². The zero-order chi connectivity index (χ0) is 12.6. The Morgan fingerprint density at radius 2 is 2.35 bits per heavy atom. The van der Waals surface area contributed by atoms with Crippen LogP contribution in [-0.4, -0.2) is 43.8 Å². The molecule has 1 saturated heterocycles. The molecule has 0 aromatic carbocycles. The van der Waals surface area contributed by atoms with Gasteiger partial charge < -0.3 is 20.7 Å². The van der Waals surface area contributed by atoms with Gasteiger partial charge in [-0.1, -0.05) is 0 Å². The molecule has 2 rings (SSSR count). The molecule has 0 amide bonds. The van der Waals surface area contributed by atoms with Crippen molar-refractivity contribution < 1.29 is 14.9 Å². The third kappa shape index (κ3) is 2.16. The number of hydrogen-bond acceptors (Lipinski definition) is 7. The fourth-order valence-corrected chi connectivity index (χ4v) is 2.14. The maximum Gasteiger partial charge on any atom is 0.351 e. The first kappa shape index (κ1) is 12.4. The van der Waals surface area contributed by atoms with E-state index < -0.39 is 29.4 Å². The van der Waals surface area contributed by atoms with Crippen molar-refractivity contribution in [3.05, 3.63) is 22.7 Å². The van der Waals surface area contributed by atoms with E-state index in [4.69, 9.17) is 15.6 Å². The zero-order valence-corrected chi connectivity index (χ0v) is 9.70. The summed E-state index contributed by atoms with van der Waals surface area (Å²) < 4.78 is 6.54. The topological polar surface area (TPSA) is 111 Å². The van der Waals surface area contributed by atoms with Gasteiger partial charge in [0, 0.05) is 6.20 Å². The van der Waals surface area contributed by atoms with E-state index in [1.54, 1.807) is 0 Å². The lowest BCUT2D eigenvalue weighted by Crippen LogP contribution is -2.33. The number of nitrogens with zero attached hydrogens (tertiary/aromatic N) is 2. The second-order valence-corrected chi connectivity index (χ2v) is 4.37. The molecular weight excluding hydrogens is 246 g/mol. The number of aromatic nitrogens is 2. The number of hydrogen-bond donors (Lipinski definition) is 4. The Bertz CT molecular complexity index is 466. The van der Waals surface area contributed by atoms with Crippen LogP contribution < -0.4 is 11.4 Å². The first-order valence-corrected chi connectivity index (χ1v) is 5.53. The Balaban J connectivity index is 2.32. The average molecular weight is 259 g/mol. The van der Waals surface area contributed by atoms with Crippen molar-refractivity contribution in [3.8, 4) is 0 Å². The largest absolute Gasteiger partial charge is 0.394 e. The molecule has 2 heterocycles. The van der Waals surface area contributed by atoms with Crippen LogP contribution in [0.25, 0.3) is 0 Å². The molecule has 1 aliphatic heterocycles. The third-order valence-electron chi connectivity index (χ3n) is 2.64. The van der Waals surface area contributed by atoms with Crippen molar-refractivity contribution in [2.45, 2.75) is 23.7 Å². The van der Waals surface area contributed by atoms with Gasteiger partial charge in [-0.05, 0) is 6.07 Å². The zero-order valence-electron chi connectivity index (χ0n) is 8.80. The number of aliphatic hydroxyl groups is 2. The van der Waals surface area contributed by atoms with E-state index in [2.05, 4.69) is 17.6 Å². The van der Waals surface area contributed by atoms with Gasteiger partial charge >= 0.3 is 5.69 Å². The first-order valence-electron chi connectivity index (χ1n) is 5.01. The maximum atomic E-state index is 11.6. The van der Waals surface area contributed by atoms with Crippen LogP contribution in [-0.2, 0) is 4.74 Å². The molecule has 0 bridgehead atoms. The molecule has 0 saturated carbocycles. The number of thiol groups is 1. The Labute approximate surface area is 102 Å². The maximum absolute atomic E-state index is 11.6. The molecule has 0 aliphatic carbocycles. The number of nitrogen functional groups attached to an aromatic ring is 1. The lowest BCUT2D eigenvalue weighted by molar-refractivity contribution is -0.0456. The number of rotatable bonds is 2. The summed E-state index contributed by atoms with van der Waals surface area (Å²) in [4.78, 5) is 15.1. The number of aliphatic hydroxyl groups excluding tert-OH is 2. The smallest absolute Gasteiger partial charge is 0.351 e. The highest BCUT2D eigenvalue weighted by Gasteiger charge is 2.42. The van der Waals surface area contributed by atoms with Crippen LogP contribution in [0.1, 0.15) is 6.23 Å². The monoisotopic (exact) mass is 259 g/mol. The highest BCUT2D eigenvalue weighted by Crippen LogP contribution is 2.31. The highest BCUT2D eigenvalue weighted by molar-refractivity contribution is 7.81. The summed E-state index contributed by atoms with van der Waals surface area (Å²) in [6.45, 7) is -0.341. The summed E-state index contributed by atoms with van der Waals surface area (Å²) in [7, 11) is 0. The summed E-state index contributed by atoms with van der Waals surface area (Å²) in [6, 6.07) is 1.45. The third-order valence-corrected chi connectivity index (χ3v) is 3.20. The van der Waals surface area contributed by atoms with E-state index in [-0.39, 0.29) is 12.4 Å². The predicted molar refractivity (Wildman–Crippen MR) is 62.7 cm³/mol. The molecular formula is C9H13N3O4S. The quantitative estimate of drug-likeness (QED) is 0.475. The molecule has 1 aromatic rings. The Morgan fingerprint density at radius 3 is 2.88 bits per heavy atom. The highest BCUT2D eigenvalue weighted by atomic mass is 32.1. The molecule has 0 spiro atoms. The Kier molecular flexibility index (Phi) is 3.38. The summed E-state index contributed by atoms with van der Waals surface area (Å²) in [5, 5.41) is 18.1. The van der Waals surface area contributed by atoms with Crippen molar-refractivity contribution in [3.63, 3.8) is 0 Å². The fraction of sp³-hybridized carbons (Fsp3) is 0.556. The van der Waals surface area contributed by atoms with E-state index in [1.807, 2.05) is 0 Å².